The number of hydrogen-bond donors (Lipinski definition) is 1. The fourth-order valence-corrected chi connectivity index (χ4v) is 3.50. The lowest BCUT2D eigenvalue weighted by molar-refractivity contribution is 0.358. The summed E-state index contributed by atoms with van der Waals surface area (Å²) in [5.74, 6) is 2.48. The van der Waals surface area contributed by atoms with Crippen LogP contribution in [-0.2, 0) is 0 Å². The van der Waals surface area contributed by atoms with E-state index in [1.54, 1.807) is 0 Å². The quantitative estimate of drug-likeness (QED) is 0.852. The highest BCUT2D eigenvalue weighted by atomic mass is 32.2. The first kappa shape index (κ1) is 11.8. The summed E-state index contributed by atoms with van der Waals surface area (Å²) in [4.78, 5) is 4.22. The second-order valence-electron chi connectivity index (χ2n) is 5.48. The number of hydrogen-bond acceptors (Lipinski definition) is 3. The van der Waals surface area contributed by atoms with E-state index in [9.17, 15) is 0 Å². The van der Waals surface area contributed by atoms with Gasteiger partial charge in [0.15, 0.2) is 0 Å². The molecule has 3 heteroatoms. The van der Waals surface area contributed by atoms with E-state index in [-0.39, 0.29) is 0 Å². The molecule has 0 radical (unpaired) electrons. The molecular formula is C13H20N2S. The van der Waals surface area contributed by atoms with E-state index in [0.717, 1.165) is 5.69 Å². The van der Waals surface area contributed by atoms with Gasteiger partial charge < -0.3 is 5.32 Å². The number of thioether (sulfide) groups is 1. The Labute approximate surface area is 102 Å². The van der Waals surface area contributed by atoms with Crippen LogP contribution in [0.15, 0.2) is 18.5 Å². The number of aromatic nitrogens is 1. The van der Waals surface area contributed by atoms with Gasteiger partial charge in [0.05, 0.1) is 5.69 Å². The Hall–Kier alpha value is -0.700. The average molecular weight is 236 g/mol. The van der Waals surface area contributed by atoms with E-state index in [0.29, 0.717) is 11.5 Å². The normalized spacial score (nSPS) is 24.1. The molecule has 1 aliphatic rings. The molecule has 1 aromatic heterocycles. The maximum absolute atomic E-state index is 4.22. The van der Waals surface area contributed by atoms with Gasteiger partial charge in [-0.05, 0) is 36.1 Å². The third-order valence-electron chi connectivity index (χ3n) is 2.86. The highest BCUT2D eigenvalue weighted by Gasteiger charge is 2.28. The molecule has 1 atom stereocenters. The number of nitrogens with zero attached hydrogens (tertiary/aromatic N) is 1. The second kappa shape index (κ2) is 4.66. The molecular weight excluding hydrogens is 216 g/mol. The van der Waals surface area contributed by atoms with Gasteiger partial charge in [-0.15, -0.1) is 0 Å². The van der Waals surface area contributed by atoms with E-state index >= 15 is 0 Å². The predicted molar refractivity (Wildman–Crippen MR) is 72.1 cm³/mol. The van der Waals surface area contributed by atoms with Gasteiger partial charge in [0.2, 0.25) is 0 Å². The van der Waals surface area contributed by atoms with Crippen molar-refractivity contribution in [1.29, 1.82) is 0 Å². The van der Waals surface area contributed by atoms with Crippen LogP contribution in [0.25, 0.3) is 0 Å². The Bertz CT molecular complexity index is 363. The number of pyridine rings is 1. The first-order valence-electron chi connectivity index (χ1n) is 5.81. The monoisotopic (exact) mass is 236 g/mol. The highest BCUT2D eigenvalue weighted by Crippen LogP contribution is 2.34. The zero-order chi connectivity index (χ0) is 11.6. The van der Waals surface area contributed by atoms with Crippen LogP contribution in [0.2, 0.25) is 0 Å². The Morgan fingerprint density at radius 3 is 2.94 bits per heavy atom. The maximum atomic E-state index is 4.22. The minimum absolute atomic E-state index is 0.456. The van der Waals surface area contributed by atoms with Gasteiger partial charge in [0, 0.05) is 24.2 Å². The Morgan fingerprint density at radius 1 is 1.44 bits per heavy atom. The Morgan fingerprint density at radius 2 is 2.25 bits per heavy atom. The summed E-state index contributed by atoms with van der Waals surface area (Å²) in [6, 6.07) is 2.75. The summed E-state index contributed by atoms with van der Waals surface area (Å²) >= 11 is 2.05. The van der Waals surface area contributed by atoms with E-state index in [1.165, 1.54) is 23.5 Å². The molecule has 0 amide bonds. The van der Waals surface area contributed by atoms with Gasteiger partial charge in [-0.1, -0.05) is 13.8 Å². The van der Waals surface area contributed by atoms with Gasteiger partial charge >= 0.3 is 0 Å². The number of anilines is 1. The molecule has 1 unspecified atom stereocenters. The topological polar surface area (TPSA) is 24.9 Å². The average Bonchev–Trinajstić information content (AvgIpc) is 2.15. The van der Waals surface area contributed by atoms with Gasteiger partial charge in [-0.3, -0.25) is 4.98 Å². The molecule has 0 spiro atoms. The van der Waals surface area contributed by atoms with Crippen molar-refractivity contribution in [3.63, 3.8) is 0 Å². The number of rotatable bonds is 2. The summed E-state index contributed by atoms with van der Waals surface area (Å²) in [7, 11) is 0. The van der Waals surface area contributed by atoms with E-state index in [2.05, 4.69) is 48.9 Å². The molecule has 1 saturated heterocycles. The van der Waals surface area contributed by atoms with Gasteiger partial charge in [-0.2, -0.15) is 11.8 Å². The van der Waals surface area contributed by atoms with Crippen LogP contribution in [0.4, 0.5) is 5.69 Å². The summed E-state index contributed by atoms with van der Waals surface area (Å²) in [5.41, 5.74) is 2.83. The molecule has 0 aliphatic carbocycles. The van der Waals surface area contributed by atoms with Crippen LogP contribution in [0, 0.1) is 12.3 Å². The van der Waals surface area contributed by atoms with Crippen LogP contribution < -0.4 is 5.32 Å². The van der Waals surface area contributed by atoms with E-state index in [1.807, 2.05) is 12.4 Å². The molecule has 2 nitrogen and oxygen atoms in total. The van der Waals surface area contributed by atoms with Crippen molar-refractivity contribution in [2.24, 2.45) is 5.41 Å². The Balaban J connectivity index is 1.99. The third kappa shape index (κ3) is 3.14. The summed E-state index contributed by atoms with van der Waals surface area (Å²) in [6.45, 7) is 6.78. The van der Waals surface area contributed by atoms with E-state index in [4.69, 9.17) is 0 Å². The van der Waals surface area contributed by atoms with E-state index < -0.39 is 0 Å². The lowest BCUT2D eigenvalue weighted by atomic mass is 9.88. The minimum Gasteiger partial charge on any atom is -0.380 e. The van der Waals surface area contributed by atoms with Crippen molar-refractivity contribution < 1.29 is 0 Å². The molecule has 2 heterocycles. The minimum atomic E-state index is 0.456. The molecule has 1 fully saturated rings. The molecule has 1 aliphatic heterocycles. The molecule has 0 saturated carbocycles. The fourth-order valence-electron chi connectivity index (χ4n) is 2.22. The van der Waals surface area contributed by atoms with Crippen molar-refractivity contribution >= 4 is 17.4 Å². The second-order valence-corrected chi connectivity index (χ2v) is 6.51. The van der Waals surface area contributed by atoms with Crippen molar-refractivity contribution in [2.45, 2.75) is 33.2 Å². The zero-order valence-corrected chi connectivity index (χ0v) is 11.1. The zero-order valence-electron chi connectivity index (χ0n) is 10.3. The first-order chi connectivity index (χ1) is 7.55. The molecule has 0 bridgehead atoms. The fraction of sp³-hybridized carbons (Fsp3) is 0.615. The maximum Gasteiger partial charge on any atom is 0.0531 e. The van der Waals surface area contributed by atoms with Crippen molar-refractivity contribution in [1.82, 2.24) is 4.98 Å². The summed E-state index contributed by atoms with van der Waals surface area (Å²) in [5, 5.41) is 3.59. The standard InChI is InChI=1S/C13H20N2S/c1-10-4-11(7-14-6-10)15-12-5-13(2,3)9-16-8-12/h4,6-7,12,15H,5,8-9H2,1-3H3. The van der Waals surface area contributed by atoms with Gasteiger partial charge in [0.25, 0.3) is 0 Å². The van der Waals surface area contributed by atoms with Gasteiger partial charge in [-0.25, -0.2) is 0 Å². The Kier molecular flexibility index (Phi) is 3.43. The largest absolute Gasteiger partial charge is 0.380 e. The molecule has 88 valence electrons. The first-order valence-corrected chi connectivity index (χ1v) is 6.97. The summed E-state index contributed by atoms with van der Waals surface area (Å²) in [6.07, 6.45) is 5.05. The van der Waals surface area contributed by atoms with Crippen molar-refractivity contribution in [3.8, 4) is 0 Å². The molecule has 1 aromatic rings. The smallest absolute Gasteiger partial charge is 0.0531 e. The molecule has 16 heavy (non-hydrogen) atoms. The third-order valence-corrected chi connectivity index (χ3v) is 4.48. The lowest BCUT2D eigenvalue weighted by Crippen LogP contribution is -2.35. The van der Waals surface area contributed by atoms with Crippen LogP contribution >= 0.6 is 11.8 Å². The SMILES string of the molecule is Cc1cncc(NC2CSCC(C)(C)C2)c1. The van der Waals surface area contributed by atoms with Crippen LogP contribution in [0.5, 0.6) is 0 Å². The van der Waals surface area contributed by atoms with Crippen molar-refractivity contribution in [3.05, 3.63) is 24.0 Å². The summed E-state index contributed by atoms with van der Waals surface area (Å²) < 4.78 is 0. The molecule has 2 rings (SSSR count). The number of aryl methyl sites for hydroxylation is 1. The van der Waals surface area contributed by atoms with Crippen LogP contribution in [-0.4, -0.2) is 22.5 Å². The highest BCUT2D eigenvalue weighted by molar-refractivity contribution is 7.99. The predicted octanol–water partition coefficient (Wildman–Crippen LogP) is 3.33. The lowest BCUT2D eigenvalue weighted by Gasteiger charge is -2.35. The number of nitrogens with one attached hydrogen (secondary N) is 1. The van der Waals surface area contributed by atoms with Crippen molar-refractivity contribution in [2.75, 3.05) is 16.8 Å². The molecule has 0 aromatic carbocycles. The van der Waals surface area contributed by atoms with Crippen LogP contribution in [0.1, 0.15) is 25.8 Å². The van der Waals surface area contributed by atoms with Gasteiger partial charge in [0.1, 0.15) is 0 Å². The molecule has 1 N–H and O–H groups in total. The van der Waals surface area contributed by atoms with Crippen LogP contribution in [0.3, 0.4) is 0 Å².